The number of nitrogens with one attached hydrogen (secondary N) is 1. The van der Waals surface area contributed by atoms with Gasteiger partial charge < -0.3 is 10.2 Å². The second-order valence-corrected chi connectivity index (χ2v) is 4.67. The fourth-order valence-electron chi connectivity index (χ4n) is 2.46. The molecule has 2 heterocycles. The molecule has 1 N–H and O–H groups in total. The van der Waals surface area contributed by atoms with E-state index in [-0.39, 0.29) is 5.91 Å². The van der Waals surface area contributed by atoms with E-state index in [0.717, 1.165) is 31.5 Å². The zero-order valence-electron chi connectivity index (χ0n) is 11.2. The smallest absolute Gasteiger partial charge is 0.272 e. The number of nitrogens with zero attached hydrogens (tertiary/aromatic N) is 3. The van der Waals surface area contributed by atoms with Gasteiger partial charge in [0, 0.05) is 25.3 Å². The molecule has 2 rings (SSSR count). The summed E-state index contributed by atoms with van der Waals surface area (Å²) < 4.78 is 0. The number of hydrogen-bond donors (Lipinski definition) is 1. The number of likely N-dealkylation sites (tertiary alicyclic amines) is 1. The molecular formula is C13H20N4O. The van der Waals surface area contributed by atoms with Crippen molar-refractivity contribution in [3.05, 3.63) is 17.5 Å². The molecule has 0 aromatic carbocycles. The molecular weight excluding hydrogens is 228 g/mol. The van der Waals surface area contributed by atoms with Crippen LogP contribution in [0.5, 0.6) is 0 Å². The topological polar surface area (TPSA) is 58.1 Å². The fraction of sp³-hybridized carbons (Fsp3) is 0.615. The van der Waals surface area contributed by atoms with E-state index in [4.69, 9.17) is 0 Å². The minimum atomic E-state index is 0.0290. The summed E-state index contributed by atoms with van der Waals surface area (Å²) in [6.45, 7) is 4.84. The highest BCUT2D eigenvalue weighted by molar-refractivity contribution is 5.93. The van der Waals surface area contributed by atoms with E-state index >= 15 is 0 Å². The number of anilines is 1. The Morgan fingerprint density at radius 1 is 1.56 bits per heavy atom. The van der Waals surface area contributed by atoms with Crippen molar-refractivity contribution in [2.45, 2.75) is 39.2 Å². The third-order valence-electron chi connectivity index (χ3n) is 3.41. The Labute approximate surface area is 108 Å². The molecule has 1 unspecified atom stereocenters. The van der Waals surface area contributed by atoms with Gasteiger partial charge in [0.15, 0.2) is 0 Å². The van der Waals surface area contributed by atoms with Crippen molar-refractivity contribution in [1.82, 2.24) is 14.9 Å². The third-order valence-corrected chi connectivity index (χ3v) is 3.41. The molecule has 1 atom stereocenters. The molecule has 1 amide bonds. The minimum Gasteiger partial charge on any atom is -0.357 e. The fourth-order valence-corrected chi connectivity index (χ4v) is 2.46. The first-order chi connectivity index (χ1) is 8.65. The number of carbonyl (C=O) groups excluding carboxylic acids is 1. The van der Waals surface area contributed by atoms with Crippen LogP contribution in [0.4, 0.5) is 5.95 Å². The Kier molecular flexibility index (Phi) is 3.79. The van der Waals surface area contributed by atoms with Gasteiger partial charge in [-0.05, 0) is 32.3 Å². The van der Waals surface area contributed by atoms with Crippen LogP contribution in [0.15, 0.2) is 6.07 Å². The lowest BCUT2D eigenvalue weighted by Crippen LogP contribution is -2.35. The summed E-state index contributed by atoms with van der Waals surface area (Å²) in [6, 6.07) is 2.12. The van der Waals surface area contributed by atoms with Crippen molar-refractivity contribution in [1.29, 1.82) is 0 Å². The number of aromatic nitrogens is 2. The number of aryl methyl sites for hydroxylation is 1. The van der Waals surface area contributed by atoms with E-state index in [0.29, 0.717) is 17.7 Å². The monoisotopic (exact) mass is 248 g/mol. The lowest BCUT2D eigenvalue weighted by atomic mass is 10.1. The van der Waals surface area contributed by atoms with E-state index < -0.39 is 0 Å². The molecule has 1 aromatic rings. The van der Waals surface area contributed by atoms with Crippen LogP contribution in [-0.2, 0) is 0 Å². The summed E-state index contributed by atoms with van der Waals surface area (Å²) in [5, 5.41) is 2.89. The second-order valence-electron chi connectivity index (χ2n) is 4.67. The van der Waals surface area contributed by atoms with Crippen molar-refractivity contribution in [3.63, 3.8) is 0 Å². The van der Waals surface area contributed by atoms with Crippen LogP contribution in [0.25, 0.3) is 0 Å². The molecule has 98 valence electrons. The van der Waals surface area contributed by atoms with Crippen LogP contribution in [0.1, 0.15) is 42.4 Å². The van der Waals surface area contributed by atoms with Crippen molar-refractivity contribution in [2.75, 3.05) is 18.9 Å². The standard InChI is InChI=1S/C13H20N4O/c1-4-10-6-5-7-17(10)12(18)11-8-9(2)15-13(14-3)16-11/h8,10H,4-7H2,1-3H3,(H,14,15,16). The van der Waals surface area contributed by atoms with Crippen LogP contribution in [0, 0.1) is 6.92 Å². The summed E-state index contributed by atoms with van der Waals surface area (Å²) >= 11 is 0. The van der Waals surface area contributed by atoms with Gasteiger partial charge in [-0.25, -0.2) is 9.97 Å². The lowest BCUT2D eigenvalue weighted by Gasteiger charge is -2.23. The number of carbonyl (C=O) groups is 1. The Bertz CT molecular complexity index is 447. The van der Waals surface area contributed by atoms with Gasteiger partial charge in [0.1, 0.15) is 5.69 Å². The number of hydrogen-bond acceptors (Lipinski definition) is 4. The van der Waals surface area contributed by atoms with E-state index in [1.807, 2.05) is 11.8 Å². The molecule has 1 aliphatic heterocycles. The molecule has 0 radical (unpaired) electrons. The van der Waals surface area contributed by atoms with Crippen molar-refractivity contribution in [2.24, 2.45) is 0 Å². The maximum atomic E-state index is 12.4. The molecule has 0 bridgehead atoms. The van der Waals surface area contributed by atoms with Crippen molar-refractivity contribution in [3.8, 4) is 0 Å². The summed E-state index contributed by atoms with van der Waals surface area (Å²) in [4.78, 5) is 22.8. The molecule has 5 heteroatoms. The highest BCUT2D eigenvalue weighted by Gasteiger charge is 2.29. The lowest BCUT2D eigenvalue weighted by molar-refractivity contribution is 0.0727. The number of rotatable bonds is 3. The zero-order chi connectivity index (χ0) is 13.1. The van der Waals surface area contributed by atoms with E-state index in [1.165, 1.54) is 0 Å². The molecule has 0 aliphatic carbocycles. The summed E-state index contributed by atoms with van der Waals surface area (Å²) in [5.41, 5.74) is 1.30. The summed E-state index contributed by atoms with van der Waals surface area (Å²) in [5.74, 6) is 0.534. The second kappa shape index (κ2) is 5.33. The van der Waals surface area contributed by atoms with Gasteiger partial charge in [-0.2, -0.15) is 0 Å². The highest BCUT2D eigenvalue weighted by Crippen LogP contribution is 2.22. The first-order valence-corrected chi connectivity index (χ1v) is 6.50. The summed E-state index contributed by atoms with van der Waals surface area (Å²) in [7, 11) is 1.76. The summed E-state index contributed by atoms with van der Waals surface area (Å²) in [6.07, 6.45) is 3.20. The van der Waals surface area contributed by atoms with Crippen LogP contribution in [0.3, 0.4) is 0 Å². The largest absolute Gasteiger partial charge is 0.357 e. The van der Waals surface area contributed by atoms with Crippen molar-refractivity contribution >= 4 is 11.9 Å². The predicted molar refractivity (Wildman–Crippen MR) is 70.7 cm³/mol. The van der Waals surface area contributed by atoms with Crippen molar-refractivity contribution < 1.29 is 4.79 Å². The van der Waals surface area contributed by atoms with Gasteiger partial charge in [0.2, 0.25) is 5.95 Å². The quantitative estimate of drug-likeness (QED) is 0.886. The molecule has 0 spiro atoms. The van der Waals surface area contributed by atoms with Crippen LogP contribution in [-0.4, -0.2) is 40.4 Å². The molecule has 1 saturated heterocycles. The maximum Gasteiger partial charge on any atom is 0.272 e. The third kappa shape index (κ3) is 2.44. The van der Waals surface area contributed by atoms with Gasteiger partial charge in [-0.3, -0.25) is 4.79 Å². The molecule has 1 aliphatic rings. The first kappa shape index (κ1) is 12.8. The molecule has 1 fully saturated rings. The molecule has 18 heavy (non-hydrogen) atoms. The average Bonchev–Trinajstić information content (AvgIpc) is 2.85. The van der Waals surface area contributed by atoms with E-state index in [9.17, 15) is 4.79 Å². The minimum absolute atomic E-state index is 0.0290. The van der Waals surface area contributed by atoms with Gasteiger partial charge in [0.05, 0.1) is 0 Å². The maximum absolute atomic E-state index is 12.4. The molecule has 0 saturated carbocycles. The predicted octanol–water partition coefficient (Wildman–Crippen LogP) is 1.84. The first-order valence-electron chi connectivity index (χ1n) is 6.50. The Morgan fingerprint density at radius 2 is 2.33 bits per heavy atom. The van der Waals surface area contributed by atoms with Gasteiger partial charge in [-0.15, -0.1) is 0 Å². The normalized spacial score (nSPS) is 19.1. The van der Waals surface area contributed by atoms with Crippen LogP contribution >= 0.6 is 0 Å². The SMILES string of the molecule is CCC1CCCN1C(=O)c1cc(C)nc(NC)n1. The highest BCUT2D eigenvalue weighted by atomic mass is 16.2. The molecule has 5 nitrogen and oxygen atoms in total. The van der Waals surface area contributed by atoms with E-state index in [2.05, 4.69) is 22.2 Å². The van der Waals surface area contributed by atoms with Gasteiger partial charge in [0.25, 0.3) is 5.91 Å². The van der Waals surface area contributed by atoms with Gasteiger partial charge in [-0.1, -0.05) is 6.92 Å². The van der Waals surface area contributed by atoms with E-state index in [1.54, 1.807) is 13.1 Å². The van der Waals surface area contributed by atoms with Crippen LogP contribution in [0.2, 0.25) is 0 Å². The Morgan fingerprint density at radius 3 is 3.00 bits per heavy atom. The van der Waals surface area contributed by atoms with Gasteiger partial charge >= 0.3 is 0 Å². The van der Waals surface area contributed by atoms with Crippen LogP contribution < -0.4 is 5.32 Å². The number of amides is 1. The Balaban J connectivity index is 2.25. The average molecular weight is 248 g/mol. The Hall–Kier alpha value is -1.65. The zero-order valence-corrected chi connectivity index (χ0v) is 11.2. The molecule has 1 aromatic heterocycles.